The zero-order chi connectivity index (χ0) is 19.2. The molecule has 2 aliphatic heterocycles. The largest absolute Gasteiger partial charge is 0.348 e. The van der Waals surface area contributed by atoms with Gasteiger partial charge in [0.2, 0.25) is 10.0 Å². The summed E-state index contributed by atoms with van der Waals surface area (Å²) >= 11 is 1.72. The molecule has 0 N–H and O–H groups in total. The summed E-state index contributed by atoms with van der Waals surface area (Å²) in [6.45, 7) is 2.32. The summed E-state index contributed by atoms with van der Waals surface area (Å²) in [6.07, 6.45) is 3.60. The summed E-state index contributed by atoms with van der Waals surface area (Å²) < 4.78 is 29.6. The van der Waals surface area contributed by atoms with Crippen molar-refractivity contribution < 1.29 is 8.42 Å². The van der Waals surface area contributed by atoms with E-state index in [-0.39, 0.29) is 5.54 Å². The van der Waals surface area contributed by atoms with Gasteiger partial charge in [0, 0.05) is 25.2 Å². The summed E-state index contributed by atoms with van der Waals surface area (Å²) in [4.78, 5) is 7.51. The van der Waals surface area contributed by atoms with E-state index >= 15 is 0 Å². The minimum absolute atomic E-state index is 0.248. The Kier molecular flexibility index (Phi) is 4.41. The number of nitrogens with zero attached hydrogens (tertiary/aromatic N) is 3. The van der Waals surface area contributed by atoms with Crippen LogP contribution in [-0.2, 0) is 10.0 Å². The molecule has 0 aliphatic carbocycles. The average molecular weight is 414 g/mol. The van der Waals surface area contributed by atoms with E-state index in [1.165, 1.54) is 4.70 Å². The van der Waals surface area contributed by atoms with Gasteiger partial charge in [0.05, 0.1) is 15.1 Å². The van der Waals surface area contributed by atoms with Gasteiger partial charge >= 0.3 is 0 Å². The highest BCUT2D eigenvalue weighted by Gasteiger charge is 2.49. The Hall–Kier alpha value is -1.96. The Morgan fingerprint density at radius 3 is 2.36 bits per heavy atom. The number of hydrogen-bond acceptors (Lipinski definition) is 5. The van der Waals surface area contributed by atoms with Crippen LogP contribution < -0.4 is 4.90 Å². The molecule has 1 aromatic heterocycles. The second kappa shape index (κ2) is 6.83. The number of thiazole rings is 1. The Morgan fingerprint density at radius 2 is 1.61 bits per heavy atom. The standard InChI is InChI=1S/C21H23N3O2S2/c25-28(26,17-7-2-1-3-8-17)24-14-6-11-21(24)12-15-23(16-13-21)20-22-18-9-4-5-10-19(18)27-20/h1-5,7-10H,6,11-16H2. The lowest BCUT2D eigenvalue weighted by Gasteiger charge is -2.44. The number of aromatic nitrogens is 1. The van der Waals surface area contributed by atoms with E-state index in [1.54, 1.807) is 39.9 Å². The van der Waals surface area contributed by atoms with Crippen LogP contribution in [0.15, 0.2) is 59.5 Å². The van der Waals surface area contributed by atoms with Gasteiger partial charge in [-0.1, -0.05) is 41.7 Å². The molecule has 0 bridgehead atoms. The fourth-order valence-electron chi connectivity index (χ4n) is 4.62. The van der Waals surface area contributed by atoms with E-state index in [1.807, 2.05) is 24.3 Å². The van der Waals surface area contributed by atoms with Crippen LogP contribution in [0.4, 0.5) is 5.13 Å². The van der Waals surface area contributed by atoms with Crippen LogP contribution in [0, 0.1) is 0 Å². The molecule has 2 saturated heterocycles. The lowest BCUT2D eigenvalue weighted by molar-refractivity contribution is 0.192. The smallest absolute Gasteiger partial charge is 0.243 e. The number of para-hydroxylation sites is 1. The molecule has 0 amide bonds. The molecule has 5 nitrogen and oxygen atoms in total. The molecule has 1 spiro atoms. The van der Waals surface area contributed by atoms with Crippen molar-refractivity contribution in [2.75, 3.05) is 24.5 Å². The summed E-state index contributed by atoms with van der Waals surface area (Å²) in [5.74, 6) is 0. The third-order valence-electron chi connectivity index (χ3n) is 6.11. The summed E-state index contributed by atoms with van der Waals surface area (Å²) in [7, 11) is -3.45. The number of benzene rings is 2. The molecule has 0 atom stereocenters. The highest BCUT2D eigenvalue weighted by molar-refractivity contribution is 7.89. The molecule has 3 heterocycles. The maximum atomic E-state index is 13.3. The maximum absolute atomic E-state index is 13.3. The van der Waals surface area contributed by atoms with E-state index in [2.05, 4.69) is 11.0 Å². The number of fused-ring (bicyclic) bond motifs is 1. The van der Waals surface area contributed by atoms with E-state index in [9.17, 15) is 8.42 Å². The Balaban J connectivity index is 1.38. The monoisotopic (exact) mass is 413 g/mol. The normalized spacial score (nSPS) is 20.2. The molecule has 146 valence electrons. The van der Waals surface area contributed by atoms with Crippen molar-refractivity contribution in [1.29, 1.82) is 0 Å². The number of anilines is 1. The molecule has 0 radical (unpaired) electrons. The van der Waals surface area contributed by atoms with Crippen LogP contribution in [0.5, 0.6) is 0 Å². The predicted octanol–water partition coefficient (Wildman–Crippen LogP) is 4.12. The van der Waals surface area contributed by atoms with E-state index in [4.69, 9.17) is 4.98 Å². The van der Waals surface area contributed by atoms with Crippen molar-refractivity contribution in [3.63, 3.8) is 0 Å². The van der Waals surface area contributed by atoms with Gasteiger partial charge in [-0.2, -0.15) is 4.31 Å². The van der Waals surface area contributed by atoms with Gasteiger partial charge < -0.3 is 4.90 Å². The molecular formula is C21H23N3O2S2. The minimum Gasteiger partial charge on any atom is -0.348 e. The SMILES string of the molecule is O=S(=O)(c1ccccc1)N1CCCC12CCN(c1nc3ccccc3s1)CC2. The molecule has 5 rings (SSSR count). The molecule has 0 saturated carbocycles. The molecule has 2 aromatic carbocycles. The first-order valence-corrected chi connectivity index (χ1v) is 12.0. The number of sulfonamides is 1. The number of piperidine rings is 1. The van der Waals surface area contributed by atoms with Gasteiger partial charge in [-0.05, 0) is 49.9 Å². The topological polar surface area (TPSA) is 53.5 Å². The first kappa shape index (κ1) is 18.1. The van der Waals surface area contributed by atoms with Crippen LogP contribution >= 0.6 is 11.3 Å². The fraction of sp³-hybridized carbons (Fsp3) is 0.381. The lowest BCUT2D eigenvalue weighted by Crippen LogP contribution is -2.54. The molecule has 2 fully saturated rings. The zero-order valence-electron chi connectivity index (χ0n) is 15.6. The first-order chi connectivity index (χ1) is 13.6. The van der Waals surface area contributed by atoms with Crippen LogP contribution in [0.1, 0.15) is 25.7 Å². The van der Waals surface area contributed by atoms with Gasteiger partial charge in [0.1, 0.15) is 0 Å². The molecule has 28 heavy (non-hydrogen) atoms. The van der Waals surface area contributed by atoms with E-state index in [0.717, 1.165) is 49.4 Å². The molecule has 0 unspecified atom stereocenters. The van der Waals surface area contributed by atoms with E-state index < -0.39 is 10.0 Å². The van der Waals surface area contributed by atoms with Crippen LogP contribution in [-0.4, -0.2) is 42.9 Å². The zero-order valence-corrected chi connectivity index (χ0v) is 17.3. The Morgan fingerprint density at radius 1 is 0.893 bits per heavy atom. The van der Waals surface area contributed by atoms with Crippen molar-refractivity contribution in [2.45, 2.75) is 36.1 Å². The fourth-order valence-corrected chi connectivity index (χ4v) is 7.54. The van der Waals surface area contributed by atoms with Crippen molar-refractivity contribution in [2.24, 2.45) is 0 Å². The third-order valence-corrected chi connectivity index (χ3v) is 9.23. The van der Waals surface area contributed by atoms with Crippen molar-refractivity contribution in [3.8, 4) is 0 Å². The second-order valence-corrected chi connectivity index (χ2v) is 10.5. The minimum atomic E-state index is -3.45. The summed E-state index contributed by atoms with van der Waals surface area (Å²) in [5.41, 5.74) is 0.791. The van der Waals surface area contributed by atoms with Gasteiger partial charge in [-0.25, -0.2) is 13.4 Å². The van der Waals surface area contributed by atoms with Gasteiger partial charge in [-0.15, -0.1) is 0 Å². The Bertz CT molecular complexity index is 1050. The van der Waals surface area contributed by atoms with Crippen molar-refractivity contribution >= 4 is 36.7 Å². The average Bonchev–Trinajstić information content (AvgIpc) is 3.34. The van der Waals surface area contributed by atoms with E-state index in [0.29, 0.717) is 11.4 Å². The molecule has 7 heteroatoms. The molecule has 3 aromatic rings. The Labute approximate surface area is 169 Å². The van der Waals surface area contributed by atoms with Gasteiger partial charge in [-0.3, -0.25) is 0 Å². The van der Waals surface area contributed by atoms with Crippen LogP contribution in [0.2, 0.25) is 0 Å². The first-order valence-electron chi connectivity index (χ1n) is 9.77. The molecule has 2 aliphatic rings. The predicted molar refractivity (Wildman–Crippen MR) is 113 cm³/mol. The van der Waals surface area contributed by atoms with Gasteiger partial charge in [0.15, 0.2) is 5.13 Å². The highest BCUT2D eigenvalue weighted by Crippen LogP contribution is 2.43. The van der Waals surface area contributed by atoms with Gasteiger partial charge in [0.25, 0.3) is 0 Å². The summed E-state index contributed by atoms with van der Waals surface area (Å²) in [5, 5.41) is 1.05. The van der Waals surface area contributed by atoms with Crippen molar-refractivity contribution in [3.05, 3.63) is 54.6 Å². The quantitative estimate of drug-likeness (QED) is 0.648. The number of rotatable bonds is 3. The maximum Gasteiger partial charge on any atom is 0.243 e. The lowest BCUT2D eigenvalue weighted by atomic mass is 9.86. The van der Waals surface area contributed by atoms with Crippen LogP contribution in [0.3, 0.4) is 0 Å². The second-order valence-electron chi connectivity index (χ2n) is 7.67. The third kappa shape index (κ3) is 2.93. The number of hydrogen-bond donors (Lipinski definition) is 0. The summed E-state index contributed by atoms with van der Waals surface area (Å²) in [6, 6.07) is 17.1. The molecular weight excluding hydrogens is 390 g/mol. The van der Waals surface area contributed by atoms with Crippen LogP contribution in [0.25, 0.3) is 10.2 Å². The highest BCUT2D eigenvalue weighted by atomic mass is 32.2. The van der Waals surface area contributed by atoms with Crippen molar-refractivity contribution in [1.82, 2.24) is 9.29 Å².